The monoisotopic (exact) mass is 298 g/mol. The fourth-order valence-corrected chi connectivity index (χ4v) is 3.70. The quantitative estimate of drug-likeness (QED) is 0.912. The second kappa shape index (κ2) is 5.49. The third-order valence-corrected chi connectivity index (χ3v) is 5.67. The van der Waals surface area contributed by atoms with Crippen molar-refractivity contribution in [2.24, 2.45) is 11.8 Å². The first kappa shape index (κ1) is 14.9. The first-order valence-electron chi connectivity index (χ1n) is 6.52. The molecule has 1 aromatic rings. The summed E-state index contributed by atoms with van der Waals surface area (Å²) < 4.78 is 26.3. The predicted molar refractivity (Wildman–Crippen MR) is 72.9 cm³/mol. The molecular formula is C13H18N2O4S. The zero-order valence-corrected chi connectivity index (χ0v) is 12.3. The molecule has 2 rings (SSSR count). The summed E-state index contributed by atoms with van der Waals surface area (Å²) in [7, 11) is -3.63. The lowest BCUT2D eigenvalue weighted by Gasteiger charge is -2.34. The number of carboxylic acids is 1. The van der Waals surface area contributed by atoms with Gasteiger partial charge in [-0.25, -0.2) is 18.2 Å². The minimum atomic E-state index is -3.63. The van der Waals surface area contributed by atoms with E-state index in [0.29, 0.717) is 24.9 Å². The molecule has 2 heterocycles. The fourth-order valence-electron chi connectivity index (χ4n) is 2.23. The van der Waals surface area contributed by atoms with E-state index in [-0.39, 0.29) is 10.6 Å². The molecule has 0 aliphatic carbocycles. The van der Waals surface area contributed by atoms with Crippen LogP contribution in [0.4, 0.5) is 0 Å². The Hall–Kier alpha value is -1.47. The lowest BCUT2D eigenvalue weighted by molar-refractivity contribution is 0.0696. The van der Waals surface area contributed by atoms with Gasteiger partial charge < -0.3 is 5.11 Å². The topological polar surface area (TPSA) is 87.6 Å². The first-order valence-corrected chi connectivity index (χ1v) is 7.96. The van der Waals surface area contributed by atoms with Gasteiger partial charge in [0.05, 0.1) is 5.56 Å². The number of hydrogen-bond acceptors (Lipinski definition) is 4. The average Bonchev–Trinajstić information content (AvgIpc) is 2.41. The van der Waals surface area contributed by atoms with Crippen molar-refractivity contribution >= 4 is 16.0 Å². The van der Waals surface area contributed by atoms with Gasteiger partial charge in [0, 0.05) is 19.3 Å². The van der Waals surface area contributed by atoms with Crippen LogP contribution in [0.25, 0.3) is 0 Å². The third-order valence-electron chi connectivity index (χ3n) is 3.88. The van der Waals surface area contributed by atoms with Gasteiger partial charge in [-0.2, -0.15) is 4.31 Å². The Morgan fingerprint density at radius 1 is 1.35 bits per heavy atom. The number of rotatable bonds is 3. The van der Waals surface area contributed by atoms with Crippen LogP contribution in [0.3, 0.4) is 0 Å². The van der Waals surface area contributed by atoms with Crippen LogP contribution < -0.4 is 0 Å². The van der Waals surface area contributed by atoms with E-state index in [0.717, 1.165) is 12.6 Å². The van der Waals surface area contributed by atoms with Crippen LogP contribution in [0, 0.1) is 11.8 Å². The predicted octanol–water partition coefficient (Wildman–Crippen LogP) is 1.45. The van der Waals surface area contributed by atoms with Crippen molar-refractivity contribution in [2.75, 3.05) is 13.1 Å². The van der Waals surface area contributed by atoms with E-state index in [1.54, 1.807) is 0 Å². The second-order valence-electron chi connectivity index (χ2n) is 5.30. The molecule has 6 nitrogen and oxygen atoms in total. The molecule has 0 amide bonds. The number of carboxylic acid groups (broad SMARTS) is 1. The fraction of sp³-hybridized carbons (Fsp3) is 0.538. The van der Waals surface area contributed by atoms with Crippen molar-refractivity contribution in [3.8, 4) is 0 Å². The molecule has 1 aromatic heterocycles. The van der Waals surface area contributed by atoms with E-state index >= 15 is 0 Å². The molecule has 0 spiro atoms. The Kier molecular flexibility index (Phi) is 4.10. The molecule has 1 N–H and O–H groups in total. The number of sulfonamides is 1. The summed E-state index contributed by atoms with van der Waals surface area (Å²) in [4.78, 5) is 14.5. The summed E-state index contributed by atoms with van der Waals surface area (Å²) in [5, 5.41) is 8.70. The first-order chi connectivity index (χ1) is 9.32. The van der Waals surface area contributed by atoms with Crippen LogP contribution in [-0.4, -0.2) is 41.9 Å². The number of aromatic carboxylic acids is 1. The summed E-state index contributed by atoms with van der Waals surface area (Å²) in [5.74, 6) is -0.317. The molecular weight excluding hydrogens is 280 g/mol. The molecule has 110 valence electrons. The van der Waals surface area contributed by atoms with Crippen LogP contribution in [-0.2, 0) is 10.0 Å². The van der Waals surface area contributed by atoms with Gasteiger partial charge in [0.25, 0.3) is 10.0 Å². The number of pyridine rings is 1. The highest BCUT2D eigenvalue weighted by atomic mass is 32.2. The second-order valence-corrected chi connectivity index (χ2v) is 7.18. The van der Waals surface area contributed by atoms with Gasteiger partial charge >= 0.3 is 5.97 Å². The Balaban J connectivity index is 2.24. The molecule has 1 fully saturated rings. The average molecular weight is 298 g/mol. The summed E-state index contributed by atoms with van der Waals surface area (Å²) in [6.45, 7) is 5.11. The van der Waals surface area contributed by atoms with E-state index in [9.17, 15) is 13.2 Å². The molecule has 2 unspecified atom stereocenters. The normalized spacial score (nSPS) is 24.5. The molecule has 0 saturated carbocycles. The summed E-state index contributed by atoms with van der Waals surface area (Å²) >= 11 is 0. The SMILES string of the molecule is CC1CCN(S(=O)(=O)c2ccc(C(=O)O)cn2)CC1C. The van der Waals surface area contributed by atoms with E-state index in [1.807, 2.05) is 6.92 Å². The van der Waals surface area contributed by atoms with Gasteiger partial charge in [0.2, 0.25) is 0 Å². The minimum absolute atomic E-state index is 0.0235. The molecule has 0 radical (unpaired) electrons. The van der Waals surface area contributed by atoms with Crippen LogP contribution in [0.2, 0.25) is 0 Å². The molecule has 0 aromatic carbocycles. The summed E-state index contributed by atoms with van der Waals surface area (Å²) in [6.07, 6.45) is 1.90. The largest absolute Gasteiger partial charge is 0.478 e. The highest BCUT2D eigenvalue weighted by Gasteiger charge is 2.32. The highest BCUT2D eigenvalue weighted by Crippen LogP contribution is 2.26. The van der Waals surface area contributed by atoms with Crippen LogP contribution >= 0.6 is 0 Å². The van der Waals surface area contributed by atoms with Crippen molar-refractivity contribution in [1.82, 2.24) is 9.29 Å². The van der Waals surface area contributed by atoms with E-state index < -0.39 is 16.0 Å². The number of aromatic nitrogens is 1. The Bertz CT molecular complexity index is 597. The number of carbonyl (C=O) groups is 1. The van der Waals surface area contributed by atoms with Crippen LogP contribution in [0.5, 0.6) is 0 Å². The zero-order chi connectivity index (χ0) is 14.9. The van der Waals surface area contributed by atoms with Gasteiger partial charge in [-0.3, -0.25) is 0 Å². The minimum Gasteiger partial charge on any atom is -0.478 e. The maximum atomic E-state index is 12.4. The molecule has 1 aliphatic rings. The Morgan fingerprint density at radius 2 is 2.05 bits per heavy atom. The van der Waals surface area contributed by atoms with Gasteiger partial charge in [0.1, 0.15) is 0 Å². The Labute approximate surface area is 118 Å². The zero-order valence-electron chi connectivity index (χ0n) is 11.5. The van der Waals surface area contributed by atoms with E-state index in [4.69, 9.17) is 5.11 Å². The van der Waals surface area contributed by atoms with Crippen molar-refractivity contribution in [3.05, 3.63) is 23.9 Å². The number of nitrogens with zero attached hydrogens (tertiary/aromatic N) is 2. The van der Waals surface area contributed by atoms with Gasteiger partial charge in [-0.1, -0.05) is 13.8 Å². The lowest BCUT2D eigenvalue weighted by Crippen LogP contribution is -2.42. The molecule has 2 atom stereocenters. The van der Waals surface area contributed by atoms with Crippen LogP contribution in [0.15, 0.2) is 23.4 Å². The van der Waals surface area contributed by atoms with Gasteiger partial charge in [0.15, 0.2) is 5.03 Å². The van der Waals surface area contributed by atoms with Gasteiger partial charge in [-0.05, 0) is 30.4 Å². The molecule has 20 heavy (non-hydrogen) atoms. The smallest absolute Gasteiger partial charge is 0.337 e. The Morgan fingerprint density at radius 3 is 2.55 bits per heavy atom. The highest BCUT2D eigenvalue weighted by molar-refractivity contribution is 7.89. The van der Waals surface area contributed by atoms with Crippen molar-refractivity contribution in [3.63, 3.8) is 0 Å². The number of piperidine rings is 1. The standard InChI is InChI=1S/C13H18N2O4S/c1-9-5-6-15(8-10(9)2)20(18,19)12-4-3-11(7-14-12)13(16)17/h3-4,7,9-10H,5-6,8H2,1-2H3,(H,16,17). The molecule has 0 bridgehead atoms. The third kappa shape index (κ3) is 2.83. The van der Waals surface area contributed by atoms with E-state index in [2.05, 4.69) is 11.9 Å². The summed E-state index contributed by atoms with van der Waals surface area (Å²) in [5.41, 5.74) is -0.0235. The van der Waals surface area contributed by atoms with Crippen molar-refractivity contribution < 1.29 is 18.3 Å². The maximum absolute atomic E-state index is 12.4. The number of hydrogen-bond donors (Lipinski definition) is 1. The van der Waals surface area contributed by atoms with E-state index in [1.165, 1.54) is 16.4 Å². The summed E-state index contributed by atoms with van der Waals surface area (Å²) in [6, 6.07) is 2.51. The lowest BCUT2D eigenvalue weighted by atomic mass is 9.90. The van der Waals surface area contributed by atoms with Crippen molar-refractivity contribution in [2.45, 2.75) is 25.3 Å². The molecule has 1 saturated heterocycles. The van der Waals surface area contributed by atoms with Crippen LogP contribution in [0.1, 0.15) is 30.6 Å². The molecule has 1 aliphatic heterocycles. The molecule has 7 heteroatoms. The van der Waals surface area contributed by atoms with Crippen molar-refractivity contribution in [1.29, 1.82) is 0 Å². The van der Waals surface area contributed by atoms with Gasteiger partial charge in [-0.15, -0.1) is 0 Å². The maximum Gasteiger partial charge on any atom is 0.337 e.